The Bertz CT molecular complexity index is 572. The number of esters is 1. The van der Waals surface area contributed by atoms with Gasteiger partial charge in [0.05, 0.1) is 12.5 Å². The van der Waals surface area contributed by atoms with Crippen LogP contribution in [-0.2, 0) is 16.1 Å². The lowest BCUT2D eigenvalue weighted by atomic mass is 9.86. The molecule has 0 bridgehead atoms. The van der Waals surface area contributed by atoms with Crippen molar-refractivity contribution in [3.8, 4) is 0 Å². The number of carbonyl (C=O) groups is 1. The van der Waals surface area contributed by atoms with Crippen molar-refractivity contribution in [2.24, 2.45) is 10.9 Å². The summed E-state index contributed by atoms with van der Waals surface area (Å²) in [5.41, 5.74) is 1.14. The maximum Gasteiger partial charge on any atom is 0.308 e. The van der Waals surface area contributed by atoms with E-state index < -0.39 is 0 Å². The van der Waals surface area contributed by atoms with Gasteiger partial charge in [-0.05, 0) is 52.5 Å². The molecule has 6 heteroatoms. The molecule has 0 radical (unpaired) electrons. The van der Waals surface area contributed by atoms with Crippen molar-refractivity contribution in [3.05, 3.63) is 23.2 Å². The number of hydrogen-bond donors (Lipinski definition) is 2. The standard InChI is InChI=1S/C18H29N3O3/c1-5-23-17(22)14-6-8-16(9-7-14)21-18(19-4)20-11-15-10-12(2)24-13(15)3/h10,14,16H,5-9,11H2,1-4H3,(H2,19,20,21). The zero-order valence-corrected chi connectivity index (χ0v) is 15.1. The summed E-state index contributed by atoms with van der Waals surface area (Å²) >= 11 is 0. The van der Waals surface area contributed by atoms with Crippen LogP contribution in [0.4, 0.5) is 0 Å². The number of nitrogens with one attached hydrogen (secondary N) is 2. The van der Waals surface area contributed by atoms with Crippen molar-refractivity contribution in [1.29, 1.82) is 0 Å². The van der Waals surface area contributed by atoms with Gasteiger partial charge in [-0.2, -0.15) is 0 Å². The fraction of sp³-hybridized carbons (Fsp3) is 0.667. The Labute approximate surface area is 144 Å². The number of rotatable bonds is 5. The number of hydrogen-bond acceptors (Lipinski definition) is 4. The summed E-state index contributed by atoms with van der Waals surface area (Å²) in [4.78, 5) is 16.1. The predicted molar refractivity (Wildman–Crippen MR) is 93.9 cm³/mol. The summed E-state index contributed by atoms with van der Waals surface area (Å²) < 4.78 is 10.7. The third-order valence-electron chi connectivity index (χ3n) is 4.50. The average molecular weight is 335 g/mol. The van der Waals surface area contributed by atoms with Crippen LogP contribution in [0.5, 0.6) is 0 Å². The minimum Gasteiger partial charge on any atom is -0.466 e. The molecule has 134 valence electrons. The van der Waals surface area contributed by atoms with Gasteiger partial charge >= 0.3 is 5.97 Å². The molecule has 0 aliphatic heterocycles. The Morgan fingerprint density at radius 1 is 1.33 bits per heavy atom. The Morgan fingerprint density at radius 2 is 2.04 bits per heavy atom. The van der Waals surface area contributed by atoms with E-state index in [0.717, 1.165) is 48.7 Å². The molecule has 1 aromatic heterocycles. The lowest BCUT2D eigenvalue weighted by Crippen LogP contribution is -2.45. The number of ether oxygens (including phenoxy) is 1. The maximum atomic E-state index is 11.8. The van der Waals surface area contributed by atoms with Crippen molar-refractivity contribution in [1.82, 2.24) is 10.6 Å². The first-order valence-electron chi connectivity index (χ1n) is 8.73. The van der Waals surface area contributed by atoms with E-state index in [2.05, 4.69) is 15.6 Å². The Hall–Kier alpha value is -1.98. The molecule has 0 spiro atoms. The fourth-order valence-electron chi connectivity index (χ4n) is 3.16. The molecule has 6 nitrogen and oxygen atoms in total. The van der Waals surface area contributed by atoms with E-state index in [-0.39, 0.29) is 11.9 Å². The highest BCUT2D eigenvalue weighted by molar-refractivity contribution is 5.80. The van der Waals surface area contributed by atoms with Gasteiger partial charge in [-0.1, -0.05) is 0 Å². The molecular formula is C18H29N3O3. The van der Waals surface area contributed by atoms with E-state index in [0.29, 0.717) is 19.2 Å². The van der Waals surface area contributed by atoms with Crippen molar-refractivity contribution >= 4 is 11.9 Å². The number of aliphatic imine (C=N–C) groups is 1. The summed E-state index contributed by atoms with van der Waals surface area (Å²) in [5, 5.41) is 6.78. The van der Waals surface area contributed by atoms with Gasteiger partial charge in [-0.25, -0.2) is 0 Å². The predicted octanol–water partition coefficient (Wildman–Crippen LogP) is 2.68. The first-order valence-corrected chi connectivity index (χ1v) is 8.73. The van der Waals surface area contributed by atoms with Crippen molar-refractivity contribution in [3.63, 3.8) is 0 Å². The van der Waals surface area contributed by atoms with Crippen LogP contribution >= 0.6 is 0 Å². The number of furan rings is 1. The van der Waals surface area contributed by atoms with Gasteiger partial charge in [0.15, 0.2) is 5.96 Å². The molecule has 1 saturated carbocycles. The summed E-state index contributed by atoms with van der Waals surface area (Å²) in [6.45, 7) is 6.91. The van der Waals surface area contributed by atoms with E-state index in [1.807, 2.05) is 26.8 Å². The van der Waals surface area contributed by atoms with Gasteiger partial charge in [0.2, 0.25) is 0 Å². The van der Waals surface area contributed by atoms with Crippen LogP contribution < -0.4 is 10.6 Å². The van der Waals surface area contributed by atoms with Crippen LogP contribution in [0, 0.1) is 19.8 Å². The SMILES string of the molecule is CCOC(=O)C1CCC(NC(=NC)NCc2cc(C)oc2C)CC1. The summed E-state index contributed by atoms with van der Waals surface area (Å²) in [7, 11) is 1.77. The molecular weight excluding hydrogens is 306 g/mol. The topological polar surface area (TPSA) is 75.9 Å². The summed E-state index contributed by atoms with van der Waals surface area (Å²) in [6, 6.07) is 2.38. The molecule has 0 saturated heterocycles. The Balaban J connectivity index is 1.78. The fourth-order valence-corrected chi connectivity index (χ4v) is 3.16. The Morgan fingerprint density at radius 3 is 2.58 bits per heavy atom. The summed E-state index contributed by atoms with van der Waals surface area (Å²) in [6.07, 6.45) is 3.64. The Kier molecular flexibility index (Phi) is 6.70. The number of carbonyl (C=O) groups excluding carboxylic acids is 1. The number of nitrogens with zero attached hydrogens (tertiary/aromatic N) is 1. The smallest absolute Gasteiger partial charge is 0.308 e. The molecule has 1 aliphatic rings. The second-order valence-corrected chi connectivity index (χ2v) is 6.31. The molecule has 1 fully saturated rings. The minimum atomic E-state index is -0.0516. The van der Waals surface area contributed by atoms with Crippen LogP contribution in [0.2, 0.25) is 0 Å². The van der Waals surface area contributed by atoms with E-state index in [1.54, 1.807) is 7.05 Å². The number of guanidine groups is 1. The van der Waals surface area contributed by atoms with Crippen LogP contribution in [-0.4, -0.2) is 31.6 Å². The van der Waals surface area contributed by atoms with Gasteiger partial charge in [-0.15, -0.1) is 0 Å². The molecule has 2 rings (SSSR count). The zero-order chi connectivity index (χ0) is 17.5. The number of aryl methyl sites for hydroxylation is 2. The van der Waals surface area contributed by atoms with Gasteiger partial charge in [0.1, 0.15) is 11.5 Å². The van der Waals surface area contributed by atoms with Crippen LogP contribution in [0.3, 0.4) is 0 Å². The van der Waals surface area contributed by atoms with E-state index in [9.17, 15) is 4.79 Å². The molecule has 1 aliphatic carbocycles. The van der Waals surface area contributed by atoms with E-state index >= 15 is 0 Å². The normalized spacial score (nSPS) is 21.4. The highest BCUT2D eigenvalue weighted by Gasteiger charge is 2.27. The lowest BCUT2D eigenvalue weighted by molar-refractivity contribution is -0.149. The average Bonchev–Trinajstić information content (AvgIpc) is 2.89. The molecule has 24 heavy (non-hydrogen) atoms. The van der Waals surface area contributed by atoms with E-state index in [4.69, 9.17) is 9.15 Å². The molecule has 0 unspecified atom stereocenters. The van der Waals surface area contributed by atoms with Crippen LogP contribution in [0.15, 0.2) is 15.5 Å². The molecule has 1 heterocycles. The zero-order valence-electron chi connectivity index (χ0n) is 15.1. The second kappa shape index (κ2) is 8.76. The highest BCUT2D eigenvalue weighted by atomic mass is 16.5. The second-order valence-electron chi connectivity index (χ2n) is 6.31. The first kappa shape index (κ1) is 18.4. The van der Waals surface area contributed by atoms with Crippen LogP contribution in [0.1, 0.15) is 49.7 Å². The van der Waals surface area contributed by atoms with Gasteiger partial charge in [-0.3, -0.25) is 9.79 Å². The largest absolute Gasteiger partial charge is 0.466 e. The minimum absolute atomic E-state index is 0.0505. The third kappa shape index (κ3) is 5.01. The summed E-state index contributed by atoms with van der Waals surface area (Å²) in [5.74, 6) is 2.64. The first-order chi connectivity index (χ1) is 11.5. The van der Waals surface area contributed by atoms with Gasteiger partial charge in [0.25, 0.3) is 0 Å². The molecule has 2 N–H and O–H groups in total. The van der Waals surface area contributed by atoms with Crippen molar-refractivity contribution in [2.75, 3.05) is 13.7 Å². The van der Waals surface area contributed by atoms with Gasteiger partial charge < -0.3 is 19.8 Å². The van der Waals surface area contributed by atoms with Crippen molar-refractivity contribution < 1.29 is 13.9 Å². The van der Waals surface area contributed by atoms with Crippen LogP contribution in [0.25, 0.3) is 0 Å². The third-order valence-corrected chi connectivity index (χ3v) is 4.50. The molecule has 1 aromatic rings. The maximum absolute atomic E-state index is 11.8. The van der Waals surface area contributed by atoms with Crippen molar-refractivity contribution in [2.45, 2.75) is 59.0 Å². The molecule has 0 aromatic carbocycles. The molecule has 0 atom stereocenters. The lowest BCUT2D eigenvalue weighted by Gasteiger charge is -2.29. The molecule has 0 amide bonds. The quantitative estimate of drug-likeness (QED) is 0.491. The highest BCUT2D eigenvalue weighted by Crippen LogP contribution is 2.25. The van der Waals surface area contributed by atoms with E-state index in [1.165, 1.54) is 0 Å². The van der Waals surface area contributed by atoms with Gasteiger partial charge in [0, 0.05) is 25.2 Å². The monoisotopic (exact) mass is 335 g/mol.